The molecule has 7 heteroatoms. The summed E-state index contributed by atoms with van der Waals surface area (Å²) >= 11 is 1.41. The number of carboxylic acid groups (broad SMARTS) is 1. The molecule has 2 N–H and O–H groups in total. The fourth-order valence-corrected chi connectivity index (χ4v) is 2.51. The Morgan fingerprint density at radius 1 is 1.19 bits per heavy atom. The van der Waals surface area contributed by atoms with Crippen LogP contribution >= 0.6 is 11.3 Å². The van der Waals surface area contributed by atoms with Crippen LogP contribution in [0.5, 0.6) is 0 Å². The number of carboxylic acids is 1. The predicted octanol–water partition coefficient (Wildman–Crippen LogP) is 3.04. The van der Waals surface area contributed by atoms with Gasteiger partial charge in [0.05, 0.1) is 10.4 Å². The van der Waals surface area contributed by atoms with Crippen molar-refractivity contribution >= 4 is 28.3 Å². The minimum atomic E-state index is -0.999. The summed E-state index contributed by atoms with van der Waals surface area (Å²) < 4.78 is 0. The molecule has 6 nitrogen and oxygen atoms in total. The number of thiazole rings is 1. The SMILES string of the molecule is O=C(O)c1cncc(-c2cnc(Nc3ccccn3)s2)c1. The van der Waals surface area contributed by atoms with Crippen molar-refractivity contribution < 1.29 is 9.90 Å². The van der Waals surface area contributed by atoms with Crippen LogP contribution in [0.3, 0.4) is 0 Å². The van der Waals surface area contributed by atoms with Crippen LogP contribution in [0.2, 0.25) is 0 Å². The monoisotopic (exact) mass is 298 g/mol. The van der Waals surface area contributed by atoms with Crippen LogP contribution in [0.15, 0.2) is 49.1 Å². The lowest BCUT2D eigenvalue weighted by Crippen LogP contribution is -1.96. The number of nitrogens with zero attached hydrogens (tertiary/aromatic N) is 3. The van der Waals surface area contributed by atoms with E-state index in [-0.39, 0.29) is 5.56 Å². The maximum atomic E-state index is 11.0. The lowest BCUT2D eigenvalue weighted by atomic mass is 10.2. The van der Waals surface area contributed by atoms with Gasteiger partial charge in [0.25, 0.3) is 0 Å². The molecule has 3 heterocycles. The Labute approximate surface area is 124 Å². The first-order valence-electron chi connectivity index (χ1n) is 6.05. The largest absolute Gasteiger partial charge is 0.478 e. The van der Waals surface area contributed by atoms with Gasteiger partial charge in [0.15, 0.2) is 5.13 Å². The van der Waals surface area contributed by atoms with E-state index in [0.29, 0.717) is 10.9 Å². The Hall–Kier alpha value is -2.80. The topological polar surface area (TPSA) is 88.0 Å². The van der Waals surface area contributed by atoms with Crippen molar-refractivity contribution in [3.63, 3.8) is 0 Å². The molecule has 0 bridgehead atoms. The summed E-state index contributed by atoms with van der Waals surface area (Å²) in [6.45, 7) is 0. The number of hydrogen-bond donors (Lipinski definition) is 2. The molecule has 0 aromatic carbocycles. The van der Waals surface area contributed by atoms with Crippen molar-refractivity contribution in [3.05, 3.63) is 54.6 Å². The Morgan fingerprint density at radius 3 is 2.86 bits per heavy atom. The lowest BCUT2D eigenvalue weighted by Gasteiger charge is -2.00. The van der Waals surface area contributed by atoms with E-state index in [1.807, 2.05) is 18.2 Å². The highest BCUT2D eigenvalue weighted by molar-refractivity contribution is 7.18. The fourth-order valence-electron chi connectivity index (χ4n) is 1.70. The van der Waals surface area contributed by atoms with Gasteiger partial charge in [-0.3, -0.25) is 4.98 Å². The quantitative estimate of drug-likeness (QED) is 0.769. The van der Waals surface area contributed by atoms with Crippen molar-refractivity contribution in [1.82, 2.24) is 15.0 Å². The zero-order chi connectivity index (χ0) is 14.7. The van der Waals surface area contributed by atoms with E-state index in [2.05, 4.69) is 20.3 Å². The van der Waals surface area contributed by atoms with Crippen LogP contribution in [-0.4, -0.2) is 26.0 Å². The highest BCUT2D eigenvalue weighted by atomic mass is 32.1. The number of carbonyl (C=O) groups is 1. The maximum absolute atomic E-state index is 11.0. The van der Waals surface area contributed by atoms with Gasteiger partial charge in [0.1, 0.15) is 5.82 Å². The third-order valence-corrected chi connectivity index (χ3v) is 3.64. The number of anilines is 2. The minimum Gasteiger partial charge on any atom is -0.478 e. The van der Waals surface area contributed by atoms with E-state index in [1.54, 1.807) is 24.7 Å². The molecule has 0 saturated carbocycles. The van der Waals surface area contributed by atoms with Gasteiger partial charge in [-0.1, -0.05) is 17.4 Å². The second-order valence-electron chi connectivity index (χ2n) is 4.14. The molecule has 0 aliphatic heterocycles. The Kier molecular flexibility index (Phi) is 3.57. The molecule has 21 heavy (non-hydrogen) atoms. The van der Waals surface area contributed by atoms with Gasteiger partial charge in [0, 0.05) is 30.4 Å². The third kappa shape index (κ3) is 3.03. The van der Waals surface area contributed by atoms with Crippen LogP contribution in [0.1, 0.15) is 10.4 Å². The zero-order valence-corrected chi connectivity index (χ0v) is 11.5. The smallest absolute Gasteiger partial charge is 0.337 e. The molecule has 104 valence electrons. The van der Waals surface area contributed by atoms with E-state index >= 15 is 0 Å². The summed E-state index contributed by atoms with van der Waals surface area (Å²) in [5.74, 6) is -0.295. The van der Waals surface area contributed by atoms with Crippen LogP contribution in [0, 0.1) is 0 Å². The average molecular weight is 298 g/mol. The molecule has 0 spiro atoms. The third-order valence-electron chi connectivity index (χ3n) is 2.68. The summed E-state index contributed by atoms with van der Waals surface area (Å²) in [7, 11) is 0. The fraction of sp³-hybridized carbons (Fsp3) is 0. The van der Waals surface area contributed by atoms with Crippen molar-refractivity contribution in [3.8, 4) is 10.4 Å². The molecule has 0 saturated heterocycles. The molecule has 0 atom stereocenters. The standard InChI is InChI=1S/C14H10N4O2S/c19-13(20)10-5-9(6-15-7-10)11-8-17-14(21-11)18-12-3-1-2-4-16-12/h1-8H,(H,19,20)(H,16,17,18). The lowest BCUT2D eigenvalue weighted by molar-refractivity contribution is 0.0696. The van der Waals surface area contributed by atoms with Crippen molar-refractivity contribution in [2.75, 3.05) is 5.32 Å². The first-order valence-corrected chi connectivity index (χ1v) is 6.86. The highest BCUT2D eigenvalue weighted by Gasteiger charge is 2.09. The summed E-state index contributed by atoms with van der Waals surface area (Å²) in [4.78, 5) is 24.1. The van der Waals surface area contributed by atoms with Gasteiger partial charge in [-0.05, 0) is 18.2 Å². The molecule has 0 radical (unpaired) electrons. The van der Waals surface area contributed by atoms with E-state index in [1.165, 1.54) is 17.5 Å². The molecule has 0 amide bonds. The van der Waals surface area contributed by atoms with Gasteiger partial charge in [-0.2, -0.15) is 0 Å². The van der Waals surface area contributed by atoms with Crippen LogP contribution in [-0.2, 0) is 0 Å². The molecule has 3 aromatic rings. The normalized spacial score (nSPS) is 10.3. The number of aromatic nitrogens is 3. The first kappa shape index (κ1) is 13.2. The molecule has 0 fully saturated rings. The van der Waals surface area contributed by atoms with Gasteiger partial charge < -0.3 is 10.4 Å². The number of aromatic carboxylic acids is 1. The van der Waals surface area contributed by atoms with E-state index in [9.17, 15) is 4.79 Å². The van der Waals surface area contributed by atoms with E-state index in [4.69, 9.17) is 5.11 Å². The van der Waals surface area contributed by atoms with Gasteiger partial charge in [-0.15, -0.1) is 0 Å². The molecule has 3 rings (SSSR count). The second-order valence-corrected chi connectivity index (χ2v) is 5.17. The summed E-state index contributed by atoms with van der Waals surface area (Å²) in [6.07, 6.45) is 6.31. The van der Waals surface area contributed by atoms with Crippen LogP contribution in [0.25, 0.3) is 10.4 Å². The molecule has 3 aromatic heterocycles. The summed E-state index contributed by atoms with van der Waals surface area (Å²) in [6, 6.07) is 7.13. The molecular weight excluding hydrogens is 288 g/mol. The van der Waals surface area contributed by atoms with E-state index < -0.39 is 5.97 Å². The highest BCUT2D eigenvalue weighted by Crippen LogP contribution is 2.30. The number of rotatable bonds is 4. The van der Waals surface area contributed by atoms with Gasteiger partial charge in [0.2, 0.25) is 0 Å². The van der Waals surface area contributed by atoms with Gasteiger partial charge in [-0.25, -0.2) is 14.8 Å². The van der Waals surface area contributed by atoms with E-state index in [0.717, 1.165) is 10.4 Å². The predicted molar refractivity (Wildman–Crippen MR) is 79.8 cm³/mol. The number of nitrogens with one attached hydrogen (secondary N) is 1. The van der Waals surface area contributed by atoms with Crippen molar-refractivity contribution in [1.29, 1.82) is 0 Å². The van der Waals surface area contributed by atoms with Crippen LogP contribution in [0.4, 0.5) is 10.9 Å². The zero-order valence-electron chi connectivity index (χ0n) is 10.7. The Morgan fingerprint density at radius 2 is 2.10 bits per heavy atom. The van der Waals surface area contributed by atoms with Gasteiger partial charge >= 0.3 is 5.97 Å². The average Bonchev–Trinajstić information content (AvgIpc) is 2.97. The first-order chi connectivity index (χ1) is 10.2. The number of pyridine rings is 2. The summed E-state index contributed by atoms with van der Waals surface area (Å²) in [5.41, 5.74) is 0.876. The van der Waals surface area contributed by atoms with Crippen LogP contribution < -0.4 is 5.32 Å². The Bertz CT molecular complexity index is 773. The molecule has 0 unspecified atom stereocenters. The maximum Gasteiger partial charge on any atom is 0.337 e. The summed E-state index contributed by atoms with van der Waals surface area (Å²) in [5, 5.41) is 12.8. The van der Waals surface area contributed by atoms with Crippen molar-refractivity contribution in [2.45, 2.75) is 0 Å². The Balaban J connectivity index is 1.85. The number of hydrogen-bond acceptors (Lipinski definition) is 6. The molecular formula is C14H10N4O2S. The minimum absolute atomic E-state index is 0.153. The molecule has 0 aliphatic carbocycles. The molecule has 0 aliphatic rings. The van der Waals surface area contributed by atoms with Crippen molar-refractivity contribution in [2.24, 2.45) is 0 Å². The second kappa shape index (κ2) is 5.68.